The molecule has 0 N–H and O–H groups in total. The highest BCUT2D eigenvalue weighted by Crippen LogP contribution is 2.05. The van der Waals surface area contributed by atoms with Crippen LogP contribution in [-0.4, -0.2) is 74.5 Å². The van der Waals surface area contributed by atoms with Crippen molar-refractivity contribution in [1.82, 2.24) is 4.90 Å². The van der Waals surface area contributed by atoms with Gasteiger partial charge in [0, 0.05) is 40.5 Å². The lowest BCUT2D eigenvalue weighted by Gasteiger charge is -2.22. The number of ether oxygens (including phenoxy) is 2. The van der Waals surface area contributed by atoms with Crippen molar-refractivity contribution in [3.63, 3.8) is 0 Å². The maximum atomic E-state index is 5.89. The van der Waals surface area contributed by atoms with E-state index in [2.05, 4.69) is 18.7 Å². The fraction of sp³-hybridized carbons (Fsp3) is 1.00. The van der Waals surface area contributed by atoms with Crippen LogP contribution >= 0.6 is 0 Å². The van der Waals surface area contributed by atoms with E-state index in [1.54, 1.807) is 14.2 Å². The maximum Gasteiger partial charge on any atom is 0.321 e. The SMILES string of the molecule is CCCO[SiH](CCCN(CCOC)CCOC)OCCC. The molecule has 0 heterocycles. The number of methoxy groups -OCH3 is 2. The van der Waals surface area contributed by atoms with E-state index >= 15 is 0 Å². The first-order valence-corrected chi connectivity index (χ1v) is 9.97. The number of nitrogens with zero attached hydrogens (tertiary/aromatic N) is 1. The molecule has 0 aromatic carbocycles. The van der Waals surface area contributed by atoms with Crippen LogP contribution < -0.4 is 0 Å². The largest absolute Gasteiger partial charge is 0.397 e. The molecule has 0 radical (unpaired) electrons. The summed E-state index contributed by atoms with van der Waals surface area (Å²) in [6.45, 7) is 10.4. The van der Waals surface area contributed by atoms with Gasteiger partial charge >= 0.3 is 9.28 Å². The van der Waals surface area contributed by atoms with Crippen molar-refractivity contribution >= 4 is 9.28 Å². The van der Waals surface area contributed by atoms with Crippen LogP contribution in [0, 0.1) is 0 Å². The average Bonchev–Trinajstić information content (AvgIpc) is 2.51. The summed E-state index contributed by atoms with van der Waals surface area (Å²) in [6.07, 6.45) is 3.25. The Morgan fingerprint density at radius 3 is 1.71 bits per heavy atom. The molecule has 0 rings (SSSR count). The number of rotatable bonds is 16. The first kappa shape index (κ1) is 21.0. The van der Waals surface area contributed by atoms with Crippen molar-refractivity contribution in [3.05, 3.63) is 0 Å². The molecule has 21 heavy (non-hydrogen) atoms. The van der Waals surface area contributed by atoms with Crippen molar-refractivity contribution in [3.8, 4) is 0 Å². The molecule has 0 aromatic rings. The highest BCUT2D eigenvalue weighted by atomic mass is 28.3. The maximum absolute atomic E-state index is 5.89. The van der Waals surface area contributed by atoms with Crippen LogP contribution in [0.1, 0.15) is 33.1 Å². The number of hydrogen-bond donors (Lipinski definition) is 0. The molecule has 0 bridgehead atoms. The second-order valence-electron chi connectivity index (χ2n) is 5.14. The molecule has 5 nitrogen and oxygen atoms in total. The Kier molecular flexibility index (Phi) is 16.4. The predicted molar refractivity (Wildman–Crippen MR) is 89.3 cm³/mol. The van der Waals surface area contributed by atoms with Crippen LogP contribution in [0.3, 0.4) is 0 Å². The molecule has 128 valence electrons. The molecule has 6 heteroatoms. The summed E-state index contributed by atoms with van der Waals surface area (Å²) in [5.74, 6) is 0. The van der Waals surface area contributed by atoms with Gasteiger partial charge in [0.25, 0.3) is 0 Å². The summed E-state index contributed by atoms with van der Waals surface area (Å²) < 4.78 is 22.1. The van der Waals surface area contributed by atoms with Gasteiger partial charge in [-0.2, -0.15) is 0 Å². The smallest absolute Gasteiger partial charge is 0.321 e. The van der Waals surface area contributed by atoms with Crippen molar-refractivity contribution < 1.29 is 18.3 Å². The summed E-state index contributed by atoms with van der Waals surface area (Å²) >= 11 is 0. The predicted octanol–water partition coefficient (Wildman–Crippen LogP) is 2.04. The van der Waals surface area contributed by atoms with Gasteiger partial charge in [0.15, 0.2) is 0 Å². The Labute approximate surface area is 132 Å². The van der Waals surface area contributed by atoms with Crippen LogP contribution in [0.4, 0.5) is 0 Å². The lowest BCUT2D eigenvalue weighted by molar-refractivity contribution is 0.113. The molecule has 0 saturated heterocycles. The van der Waals surface area contributed by atoms with E-state index in [0.717, 1.165) is 71.4 Å². The number of hydrogen-bond acceptors (Lipinski definition) is 5. The van der Waals surface area contributed by atoms with Gasteiger partial charge in [-0.05, 0) is 31.9 Å². The monoisotopic (exact) mass is 321 g/mol. The third-order valence-electron chi connectivity index (χ3n) is 3.15. The van der Waals surface area contributed by atoms with Crippen molar-refractivity contribution in [1.29, 1.82) is 0 Å². The molecular weight excluding hydrogens is 286 g/mol. The van der Waals surface area contributed by atoms with Gasteiger partial charge in [-0.1, -0.05) is 13.8 Å². The van der Waals surface area contributed by atoms with Gasteiger partial charge in [0.2, 0.25) is 0 Å². The summed E-state index contributed by atoms with van der Waals surface area (Å²) in [7, 11) is 2.02. The van der Waals surface area contributed by atoms with E-state index in [1.807, 2.05) is 0 Å². The molecule has 0 amide bonds. The van der Waals surface area contributed by atoms with Gasteiger partial charge in [-0.3, -0.25) is 4.90 Å². The third-order valence-corrected chi connectivity index (χ3v) is 5.25. The van der Waals surface area contributed by atoms with Crippen LogP contribution in [-0.2, 0) is 18.3 Å². The lowest BCUT2D eigenvalue weighted by Crippen LogP contribution is -2.33. The Morgan fingerprint density at radius 1 is 0.762 bits per heavy atom. The van der Waals surface area contributed by atoms with Crippen LogP contribution in [0.15, 0.2) is 0 Å². The second kappa shape index (κ2) is 16.4. The molecular formula is C15H35NO4Si. The lowest BCUT2D eigenvalue weighted by atomic mass is 10.4. The minimum Gasteiger partial charge on any atom is -0.397 e. The Bertz CT molecular complexity index is 174. The fourth-order valence-corrected chi connectivity index (χ4v) is 3.91. The topological polar surface area (TPSA) is 40.2 Å². The molecule has 0 saturated carbocycles. The zero-order valence-corrected chi connectivity index (χ0v) is 15.6. The first-order chi connectivity index (χ1) is 10.3. The van der Waals surface area contributed by atoms with E-state index in [9.17, 15) is 0 Å². The van der Waals surface area contributed by atoms with Crippen LogP contribution in [0.25, 0.3) is 0 Å². The van der Waals surface area contributed by atoms with E-state index in [1.165, 1.54) is 0 Å². The Balaban J connectivity index is 3.96. The molecule has 0 spiro atoms. The summed E-state index contributed by atoms with van der Waals surface area (Å²) in [5.41, 5.74) is 0. The van der Waals surface area contributed by atoms with Crippen molar-refractivity contribution in [2.45, 2.75) is 39.2 Å². The fourth-order valence-electron chi connectivity index (χ4n) is 1.97. The normalized spacial score (nSPS) is 11.7. The molecule has 0 fully saturated rings. The Morgan fingerprint density at radius 2 is 1.29 bits per heavy atom. The Hall–Kier alpha value is 0.0169. The minimum absolute atomic E-state index is 0.767. The average molecular weight is 322 g/mol. The summed E-state index contributed by atoms with van der Waals surface area (Å²) in [4.78, 5) is 2.39. The quantitative estimate of drug-likeness (QED) is 0.407. The van der Waals surface area contributed by atoms with E-state index in [0.29, 0.717) is 0 Å². The van der Waals surface area contributed by atoms with Gasteiger partial charge in [0.1, 0.15) is 0 Å². The zero-order valence-electron chi connectivity index (χ0n) is 14.4. The second-order valence-corrected chi connectivity index (χ2v) is 7.24. The van der Waals surface area contributed by atoms with Crippen LogP contribution in [0.5, 0.6) is 0 Å². The van der Waals surface area contributed by atoms with Gasteiger partial charge in [-0.15, -0.1) is 0 Å². The van der Waals surface area contributed by atoms with E-state index < -0.39 is 9.28 Å². The van der Waals surface area contributed by atoms with E-state index in [-0.39, 0.29) is 0 Å². The zero-order chi connectivity index (χ0) is 15.8. The molecule has 0 aliphatic rings. The first-order valence-electron chi connectivity index (χ1n) is 8.21. The summed E-state index contributed by atoms with van der Waals surface area (Å²) in [6, 6.07) is 1.08. The highest BCUT2D eigenvalue weighted by molar-refractivity contribution is 6.44. The van der Waals surface area contributed by atoms with Gasteiger partial charge in [-0.25, -0.2) is 0 Å². The van der Waals surface area contributed by atoms with Crippen LogP contribution in [0.2, 0.25) is 6.04 Å². The summed E-state index contributed by atoms with van der Waals surface area (Å²) in [5, 5.41) is 0. The van der Waals surface area contributed by atoms with E-state index in [4.69, 9.17) is 18.3 Å². The van der Waals surface area contributed by atoms with Gasteiger partial charge in [0.05, 0.1) is 13.2 Å². The molecule has 0 atom stereocenters. The standard InChI is InChI=1S/C15H35NO4Si/c1-5-11-19-21(20-12-6-2)15-7-8-16(9-13-17-3)10-14-18-4/h21H,5-15H2,1-4H3. The van der Waals surface area contributed by atoms with Gasteiger partial charge < -0.3 is 18.3 Å². The molecule has 0 aliphatic heterocycles. The third kappa shape index (κ3) is 13.4. The molecule has 0 unspecified atom stereocenters. The minimum atomic E-state index is -1.47. The highest BCUT2D eigenvalue weighted by Gasteiger charge is 2.14. The molecule has 0 aromatic heterocycles. The van der Waals surface area contributed by atoms with Crippen molar-refractivity contribution in [2.24, 2.45) is 0 Å². The molecule has 0 aliphatic carbocycles. The van der Waals surface area contributed by atoms with Crippen molar-refractivity contribution in [2.75, 3.05) is 60.3 Å².